The predicted molar refractivity (Wildman–Crippen MR) is 120 cm³/mol. The van der Waals surface area contributed by atoms with Gasteiger partial charge in [0.25, 0.3) is 5.91 Å². The van der Waals surface area contributed by atoms with E-state index >= 15 is 0 Å². The second kappa shape index (κ2) is 11.7. The molecule has 0 fully saturated rings. The molecule has 2 aromatic rings. The molecule has 29 heavy (non-hydrogen) atoms. The third-order valence-electron chi connectivity index (χ3n) is 4.26. The number of rotatable bonds is 8. The maximum absolute atomic E-state index is 11.9. The van der Waals surface area contributed by atoms with Crippen molar-refractivity contribution < 1.29 is 14.3 Å². The van der Waals surface area contributed by atoms with Crippen LogP contribution in [0.1, 0.15) is 23.6 Å². The van der Waals surface area contributed by atoms with E-state index in [2.05, 4.69) is 23.1 Å². The summed E-state index contributed by atoms with van der Waals surface area (Å²) in [4.78, 5) is 11.9. The van der Waals surface area contributed by atoms with Crippen LogP contribution in [0.5, 0.6) is 11.5 Å². The van der Waals surface area contributed by atoms with Gasteiger partial charge < -0.3 is 14.8 Å². The van der Waals surface area contributed by atoms with Crippen molar-refractivity contribution in [2.45, 2.75) is 19.8 Å². The van der Waals surface area contributed by atoms with Crippen LogP contribution in [-0.4, -0.2) is 31.8 Å². The van der Waals surface area contributed by atoms with Gasteiger partial charge >= 0.3 is 0 Å². The molecule has 0 saturated carbocycles. The molecular formula is C22H27N3O3S. The van der Waals surface area contributed by atoms with Crippen LogP contribution in [0.15, 0.2) is 48.5 Å². The fourth-order valence-corrected chi connectivity index (χ4v) is 2.75. The van der Waals surface area contributed by atoms with Crippen molar-refractivity contribution in [1.29, 1.82) is 0 Å². The Bertz CT molecular complexity index is 851. The maximum atomic E-state index is 11.9. The van der Waals surface area contributed by atoms with Crippen LogP contribution in [0.2, 0.25) is 0 Å². The van der Waals surface area contributed by atoms with Gasteiger partial charge in [-0.1, -0.05) is 37.3 Å². The van der Waals surface area contributed by atoms with Crippen molar-refractivity contribution in [3.8, 4) is 11.5 Å². The van der Waals surface area contributed by atoms with E-state index in [1.165, 1.54) is 11.6 Å². The standard InChI is InChI=1S/C22H27N3O3S/c1-4-16-5-7-17(8-6-16)10-12-21(26)24-25-22(29)23-14-13-18-9-11-19(27-2)20(15-18)28-3/h5-12,15H,4,13-14H2,1-3H3,(H,24,26)(H2,23,25,29)/b12-10+. The Morgan fingerprint density at radius 2 is 1.69 bits per heavy atom. The van der Waals surface area contributed by atoms with E-state index in [4.69, 9.17) is 21.7 Å². The van der Waals surface area contributed by atoms with Crippen LogP contribution in [0.3, 0.4) is 0 Å². The number of aryl methyl sites for hydroxylation is 1. The molecule has 3 N–H and O–H groups in total. The highest BCUT2D eigenvalue weighted by molar-refractivity contribution is 7.80. The Labute approximate surface area is 177 Å². The number of hydrazine groups is 1. The summed E-state index contributed by atoms with van der Waals surface area (Å²) in [7, 11) is 3.21. The van der Waals surface area contributed by atoms with Crippen molar-refractivity contribution in [2.24, 2.45) is 0 Å². The van der Waals surface area contributed by atoms with Gasteiger partial charge in [-0.15, -0.1) is 0 Å². The lowest BCUT2D eigenvalue weighted by Crippen LogP contribution is -2.46. The smallest absolute Gasteiger partial charge is 0.262 e. The van der Waals surface area contributed by atoms with Crippen LogP contribution < -0.4 is 25.6 Å². The molecular weight excluding hydrogens is 386 g/mol. The van der Waals surface area contributed by atoms with Crippen LogP contribution in [0.4, 0.5) is 0 Å². The van der Waals surface area contributed by atoms with E-state index in [-0.39, 0.29) is 5.91 Å². The summed E-state index contributed by atoms with van der Waals surface area (Å²) >= 11 is 5.18. The molecule has 0 radical (unpaired) electrons. The number of hydrogen-bond donors (Lipinski definition) is 3. The van der Waals surface area contributed by atoms with E-state index in [9.17, 15) is 4.79 Å². The van der Waals surface area contributed by atoms with E-state index < -0.39 is 0 Å². The minimum Gasteiger partial charge on any atom is -0.493 e. The molecule has 2 aromatic carbocycles. The first-order valence-corrected chi connectivity index (χ1v) is 9.78. The molecule has 0 heterocycles. The fourth-order valence-electron chi connectivity index (χ4n) is 2.60. The number of hydrogen-bond acceptors (Lipinski definition) is 4. The predicted octanol–water partition coefficient (Wildman–Crippen LogP) is 3.02. The van der Waals surface area contributed by atoms with E-state index in [1.54, 1.807) is 20.3 Å². The monoisotopic (exact) mass is 413 g/mol. The van der Waals surface area contributed by atoms with Crippen LogP contribution >= 0.6 is 12.2 Å². The Kier molecular flexibility index (Phi) is 8.98. The number of amides is 1. The zero-order valence-corrected chi connectivity index (χ0v) is 17.8. The number of thiocarbonyl (C=S) groups is 1. The number of methoxy groups -OCH3 is 2. The molecule has 2 rings (SSSR count). The number of carbonyl (C=O) groups is 1. The molecule has 0 aliphatic rings. The molecule has 6 nitrogen and oxygen atoms in total. The summed E-state index contributed by atoms with van der Waals surface area (Å²) in [6.45, 7) is 2.71. The zero-order chi connectivity index (χ0) is 21.1. The maximum Gasteiger partial charge on any atom is 0.262 e. The minimum absolute atomic E-state index is 0.284. The lowest BCUT2D eigenvalue weighted by molar-refractivity contribution is -0.116. The van der Waals surface area contributed by atoms with Gasteiger partial charge in [0.2, 0.25) is 0 Å². The van der Waals surface area contributed by atoms with E-state index in [1.807, 2.05) is 42.5 Å². The van der Waals surface area contributed by atoms with E-state index in [0.717, 1.165) is 24.0 Å². The van der Waals surface area contributed by atoms with Gasteiger partial charge in [0.1, 0.15) is 0 Å². The van der Waals surface area contributed by atoms with Crippen LogP contribution in [0.25, 0.3) is 6.08 Å². The molecule has 0 atom stereocenters. The van der Waals surface area contributed by atoms with Gasteiger partial charge in [-0.2, -0.15) is 0 Å². The summed E-state index contributed by atoms with van der Waals surface area (Å²) < 4.78 is 10.5. The molecule has 0 aliphatic carbocycles. The Morgan fingerprint density at radius 3 is 2.34 bits per heavy atom. The lowest BCUT2D eigenvalue weighted by Gasteiger charge is -2.12. The minimum atomic E-state index is -0.284. The number of carbonyl (C=O) groups excluding carboxylic acids is 1. The third kappa shape index (κ3) is 7.46. The molecule has 1 amide bonds. The van der Waals surface area contributed by atoms with Crippen molar-refractivity contribution in [1.82, 2.24) is 16.2 Å². The average Bonchev–Trinajstić information content (AvgIpc) is 2.76. The quantitative estimate of drug-likeness (QED) is 0.351. The van der Waals surface area contributed by atoms with Crippen molar-refractivity contribution >= 4 is 29.3 Å². The van der Waals surface area contributed by atoms with Crippen molar-refractivity contribution in [3.05, 3.63) is 65.2 Å². The largest absolute Gasteiger partial charge is 0.493 e. The molecule has 0 aliphatic heterocycles. The van der Waals surface area contributed by atoms with Crippen molar-refractivity contribution in [3.63, 3.8) is 0 Å². The normalized spacial score (nSPS) is 10.4. The zero-order valence-electron chi connectivity index (χ0n) is 17.0. The van der Waals surface area contributed by atoms with Gasteiger partial charge in [-0.3, -0.25) is 15.6 Å². The van der Waals surface area contributed by atoms with Crippen molar-refractivity contribution in [2.75, 3.05) is 20.8 Å². The molecule has 7 heteroatoms. The molecule has 0 spiro atoms. The SMILES string of the molecule is CCc1ccc(/C=C/C(=O)NNC(=S)NCCc2ccc(OC)c(OC)c2)cc1. The number of nitrogens with one attached hydrogen (secondary N) is 3. The highest BCUT2D eigenvalue weighted by atomic mass is 32.1. The first-order valence-electron chi connectivity index (χ1n) is 9.37. The summed E-state index contributed by atoms with van der Waals surface area (Å²) in [5.41, 5.74) is 8.54. The first kappa shape index (κ1) is 22.2. The molecule has 0 aromatic heterocycles. The molecule has 0 bridgehead atoms. The Hall–Kier alpha value is -3.06. The Balaban J connectivity index is 1.71. The second-order valence-corrected chi connectivity index (χ2v) is 6.65. The summed E-state index contributed by atoms with van der Waals surface area (Å²) in [5.74, 6) is 1.10. The summed E-state index contributed by atoms with van der Waals surface area (Å²) in [6, 6.07) is 13.8. The van der Waals surface area contributed by atoms with Gasteiger partial charge in [0.05, 0.1) is 14.2 Å². The average molecular weight is 414 g/mol. The topological polar surface area (TPSA) is 71.6 Å². The summed E-state index contributed by atoms with van der Waals surface area (Å²) in [6.07, 6.45) is 4.94. The van der Waals surface area contributed by atoms with Crippen LogP contribution in [-0.2, 0) is 17.6 Å². The van der Waals surface area contributed by atoms with Gasteiger partial charge in [-0.05, 0) is 60.0 Å². The fraction of sp³-hybridized carbons (Fsp3) is 0.273. The van der Waals surface area contributed by atoms with Crippen LogP contribution in [0, 0.1) is 0 Å². The second-order valence-electron chi connectivity index (χ2n) is 6.24. The Morgan fingerprint density at radius 1 is 1.00 bits per heavy atom. The molecule has 0 unspecified atom stereocenters. The number of benzene rings is 2. The highest BCUT2D eigenvalue weighted by Gasteiger charge is 2.05. The first-order chi connectivity index (χ1) is 14.0. The number of ether oxygens (including phenoxy) is 2. The molecule has 154 valence electrons. The highest BCUT2D eigenvalue weighted by Crippen LogP contribution is 2.27. The summed E-state index contributed by atoms with van der Waals surface area (Å²) in [5, 5.41) is 3.40. The molecule has 0 saturated heterocycles. The van der Waals surface area contributed by atoms with Gasteiger partial charge in [-0.25, -0.2) is 0 Å². The van der Waals surface area contributed by atoms with E-state index in [0.29, 0.717) is 23.2 Å². The van der Waals surface area contributed by atoms with Gasteiger partial charge in [0, 0.05) is 12.6 Å². The lowest BCUT2D eigenvalue weighted by atomic mass is 10.1. The third-order valence-corrected chi connectivity index (χ3v) is 4.51. The van der Waals surface area contributed by atoms with Gasteiger partial charge in [0.15, 0.2) is 16.6 Å².